The first-order chi connectivity index (χ1) is 10.7. The van der Waals surface area contributed by atoms with Crippen molar-refractivity contribution in [3.05, 3.63) is 29.8 Å². The second kappa shape index (κ2) is 5.80. The molecule has 0 saturated carbocycles. The predicted octanol–water partition coefficient (Wildman–Crippen LogP) is 0.938. The number of ether oxygens (including phenoxy) is 3. The minimum absolute atomic E-state index is 0.0714. The summed E-state index contributed by atoms with van der Waals surface area (Å²) in [5.74, 6) is -0.853. The zero-order chi connectivity index (χ0) is 16.8. The van der Waals surface area contributed by atoms with Crippen LogP contribution in [0, 0.1) is 6.92 Å². The molecule has 0 amide bonds. The normalized spacial score (nSPS) is 32.9. The van der Waals surface area contributed by atoms with Crippen LogP contribution in [0.25, 0.3) is 0 Å². The van der Waals surface area contributed by atoms with E-state index in [9.17, 15) is 13.5 Å². The highest BCUT2D eigenvalue weighted by molar-refractivity contribution is 7.86. The molecule has 2 heterocycles. The minimum atomic E-state index is -3.90. The molecule has 1 aromatic rings. The Morgan fingerprint density at radius 3 is 2.43 bits per heavy atom. The van der Waals surface area contributed by atoms with Crippen molar-refractivity contribution >= 4 is 10.1 Å². The summed E-state index contributed by atoms with van der Waals surface area (Å²) in [5, 5.41) is 9.85. The predicted molar refractivity (Wildman–Crippen MR) is 79.0 cm³/mol. The number of benzene rings is 1. The third-order valence-electron chi connectivity index (χ3n) is 3.82. The van der Waals surface area contributed by atoms with Crippen LogP contribution in [0.3, 0.4) is 0 Å². The van der Waals surface area contributed by atoms with Gasteiger partial charge in [0.25, 0.3) is 10.1 Å². The van der Waals surface area contributed by atoms with Crippen LogP contribution in [0.5, 0.6) is 0 Å². The van der Waals surface area contributed by atoms with Gasteiger partial charge in [-0.1, -0.05) is 17.7 Å². The van der Waals surface area contributed by atoms with E-state index in [-0.39, 0.29) is 11.5 Å². The molecule has 1 aromatic carbocycles. The maximum atomic E-state index is 12.2. The summed E-state index contributed by atoms with van der Waals surface area (Å²) in [7, 11) is -3.90. The van der Waals surface area contributed by atoms with Crippen molar-refractivity contribution in [2.24, 2.45) is 0 Å². The lowest BCUT2D eigenvalue weighted by Gasteiger charge is -2.22. The van der Waals surface area contributed by atoms with Gasteiger partial charge >= 0.3 is 0 Å². The fraction of sp³-hybridized carbons (Fsp3) is 0.600. The van der Waals surface area contributed by atoms with Crippen molar-refractivity contribution in [3.63, 3.8) is 0 Å². The Kier molecular flexibility index (Phi) is 4.24. The Hall–Kier alpha value is -1.03. The van der Waals surface area contributed by atoms with Crippen molar-refractivity contribution in [1.29, 1.82) is 0 Å². The van der Waals surface area contributed by atoms with Gasteiger partial charge in [0.2, 0.25) is 0 Å². The molecule has 1 unspecified atom stereocenters. The number of aliphatic hydroxyl groups is 1. The van der Waals surface area contributed by atoms with Crippen LogP contribution in [-0.2, 0) is 28.5 Å². The average molecular weight is 344 g/mol. The number of aliphatic hydroxyl groups excluding tert-OH is 1. The Labute approximate surface area is 135 Å². The second-order valence-corrected chi connectivity index (χ2v) is 7.80. The van der Waals surface area contributed by atoms with Crippen LogP contribution >= 0.6 is 0 Å². The maximum absolute atomic E-state index is 12.2. The highest BCUT2D eigenvalue weighted by Gasteiger charge is 2.55. The largest absolute Gasteiger partial charge is 0.366 e. The zero-order valence-corrected chi connectivity index (χ0v) is 13.9. The molecule has 2 fully saturated rings. The number of hydrogen-bond donors (Lipinski definition) is 1. The number of hydrogen-bond acceptors (Lipinski definition) is 7. The summed E-state index contributed by atoms with van der Waals surface area (Å²) in [6, 6.07) is 6.35. The molecule has 2 saturated heterocycles. The van der Waals surface area contributed by atoms with Crippen LogP contribution in [-0.4, -0.2) is 50.5 Å². The van der Waals surface area contributed by atoms with Gasteiger partial charge in [-0.15, -0.1) is 0 Å². The molecule has 2 aliphatic rings. The molecule has 4 atom stereocenters. The molecule has 3 rings (SSSR count). The second-order valence-electron chi connectivity index (χ2n) is 6.18. The summed E-state index contributed by atoms with van der Waals surface area (Å²) in [6.07, 6.45) is -3.12. The third kappa shape index (κ3) is 3.42. The Morgan fingerprint density at radius 2 is 1.78 bits per heavy atom. The summed E-state index contributed by atoms with van der Waals surface area (Å²) in [5.41, 5.74) is 0.952. The van der Waals surface area contributed by atoms with Crippen molar-refractivity contribution in [3.8, 4) is 0 Å². The van der Waals surface area contributed by atoms with E-state index < -0.39 is 40.5 Å². The van der Waals surface area contributed by atoms with E-state index in [2.05, 4.69) is 0 Å². The first-order valence-electron chi connectivity index (χ1n) is 7.33. The molecule has 0 radical (unpaired) electrons. The van der Waals surface area contributed by atoms with Crippen LogP contribution in [0.2, 0.25) is 0 Å². The summed E-state index contributed by atoms with van der Waals surface area (Å²) in [4.78, 5) is 0.0714. The van der Waals surface area contributed by atoms with E-state index in [1.165, 1.54) is 12.1 Å². The molecular formula is C15H20O7S. The average Bonchev–Trinajstić information content (AvgIpc) is 2.92. The number of aryl methyl sites for hydroxylation is 1. The first kappa shape index (κ1) is 16.8. The van der Waals surface area contributed by atoms with Crippen molar-refractivity contribution in [2.45, 2.75) is 56.1 Å². The first-order valence-corrected chi connectivity index (χ1v) is 8.74. The van der Waals surface area contributed by atoms with Gasteiger partial charge < -0.3 is 19.3 Å². The molecule has 128 valence electrons. The Morgan fingerprint density at radius 1 is 1.17 bits per heavy atom. The van der Waals surface area contributed by atoms with Gasteiger partial charge in [-0.3, -0.25) is 4.18 Å². The van der Waals surface area contributed by atoms with E-state index in [1.54, 1.807) is 26.0 Å². The van der Waals surface area contributed by atoms with Crippen molar-refractivity contribution < 1.29 is 31.9 Å². The lowest BCUT2D eigenvalue weighted by atomic mass is 10.1. The zero-order valence-electron chi connectivity index (χ0n) is 13.1. The topological polar surface area (TPSA) is 91.3 Å². The fourth-order valence-electron chi connectivity index (χ4n) is 2.72. The highest BCUT2D eigenvalue weighted by Crippen LogP contribution is 2.38. The third-order valence-corrected chi connectivity index (χ3v) is 5.12. The molecule has 1 N–H and O–H groups in total. The molecule has 2 aliphatic heterocycles. The standard InChI is InChI=1S/C15H20O7S/c1-9-4-6-10(7-5-9)23(17,18)19-8-11-12-13(14(16)20-11)22-15(2,3)21-12/h4-7,11-14,16H,8H2,1-3H3/t11-,12+,13+,14?/m0/s1. The summed E-state index contributed by atoms with van der Waals surface area (Å²) < 4.78 is 45.9. The highest BCUT2D eigenvalue weighted by atomic mass is 32.2. The van der Waals surface area contributed by atoms with E-state index >= 15 is 0 Å². The van der Waals surface area contributed by atoms with E-state index in [1.807, 2.05) is 6.92 Å². The van der Waals surface area contributed by atoms with Gasteiger partial charge in [-0.05, 0) is 32.9 Å². The molecular weight excluding hydrogens is 324 g/mol. The van der Waals surface area contributed by atoms with Gasteiger partial charge in [0.15, 0.2) is 12.1 Å². The molecule has 7 nitrogen and oxygen atoms in total. The summed E-state index contributed by atoms with van der Waals surface area (Å²) >= 11 is 0. The van der Waals surface area contributed by atoms with Gasteiger partial charge in [0.05, 0.1) is 11.5 Å². The van der Waals surface area contributed by atoms with Crippen molar-refractivity contribution in [2.75, 3.05) is 6.61 Å². The van der Waals surface area contributed by atoms with Crippen LogP contribution < -0.4 is 0 Å². The molecule has 23 heavy (non-hydrogen) atoms. The van der Waals surface area contributed by atoms with Crippen LogP contribution in [0.15, 0.2) is 29.2 Å². The maximum Gasteiger partial charge on any atom is 0.297 e. The summed E-state index contributed by atoms with van der Waals surface area (Å²) in [6.45, 7) is 5.05. The number of fused-ring (bicyclic) bond motifs is 1. The van der Waals surface area contributed by atoms with Gasteiger partial charge in [0.1, 0.15) is 18.3 Å². The SMILES string of the molecule is Cc1ccc(S(=O)(=O)OC[C@@H]2OC(O)[C@@H]3OC(C)(C)O[C@H]23)cc1. The monoisotopic (exact) mass is 344 g/mol. The lowest BCUT2D eigenvalue weighted by Crippen LogP contribution is -2.33. The van der Waals surface area contributed by atoms with E-state index in [0.29, 0.717) is 0 Å². The van der Waals surface area contributed by atoms with E-state index in [4.69, 9.17) is 18.4 Å². The molecule has 0 bridgehead atoms. The molecule has 8 heteroatoms. The molecule has 0 aliphatic carbocycles. The minimum Gasteiger partial charge on any atom is -0.366 e. The van der Waals surface area contributed by atoms with Gasteiger partial charge in [0, 0.05) is 0 Å². The molecule has 0 aromatic heterocycles. The lowest BCUT2D eigenvalue weighted by molar-refractivity contribution is -0.222. The van der Waals surface area contributed by atoms with E-state index in [0.717, 1.165) is 5.56 Å². The van der Waals surface area contributed by atoms with Crippen molar-refractivity contribution in [1.82, 2.24) is 0 Å². The van der Waals surface area contributed by atoms with Gasteiger partial charge in [-0.2, -0.15) is 8.42 Å². The smallest absolute Gasteiger partial charge is 0.297 e. The molecule has 0 spiro atoms. The Balaban J connectivity index is 1.67. The quantitative estimate of drug-likeness (QED) is 0.813. The Bertz CT molecular complexity index is 668. The van der Waals surface area contributed by atoms with Crippen LogP contribution in [0.1, 0.15) is 19.4 Å². The number of rotatable bonds is 4. The fourth-order valence-corrected chi connectivity index (χ4v) is 3.64. The van der Waals surface area contributed by atoms with Crippen LogP contribution in [0.4, 0.5) is 0 Å². The van der Waals surface area contributed by atoms with Gasteiger partial charge in [-0.25, -0.2) is 0 Å².